The third-order valence-electron chi connectivity index (χ3n) is 2.35. The highest BCUT2D eigenvalue weighted by Crippen LogP contribution is 1.94. The fourth-order valence-corrected chi connectivity index (χ4v) is 1.49. The Morgan fingerprint density at radius 3 is 1.86 bits per heavy atom. The Morgan fingerprint density at radius 1 is 0.929 bits per heavy atom. The van der Waals surface area contributed by atoms with Crippen molar-refractivity contribution in [1.29, 1.82) is 0 Å². The average molecular weight is 204 g/mol. The first-order valence-corrected chi connectivity index (χ1v) is 5.80. The van der Waals surface area contributed by atoms with Crippen molar-refractivity contribution in [1.82, 2.24) is 10.2 Å². The van der Waals surface area contributed by atoms with Gasteiger partial charge in [-0.05, 0) is 26.6 Å². The molecule has 0 fully saturated rings. The summed E-state index contributed by atoms with van der Waals surface area (Å²) in [6.07, 6.45) is 3.68. The zero-order valence-corrected chi connectivity index (χ0v) is 9.73. The van der Waals surface area contributed by atoms with E-state index in [0.717, 1.165) is 19.6 Å². The molecular formula is C10H28N4+2. The van der Waals surface area contributed by atoms with Gasteiger partial charge < -0.3 is 21.7 Å². The van der Waals surface area contributed by atoms with Crippen LogP contribution in [-0.2, 0) is 0 Å². The molecular weight excluding hydrogens is 176 g/mol. The van der Waals surface area contributed by atoms with Crippen LogP contribution >= 0.6 is 0 Å². The first kappa shape index (κ1) is 13.8. The Labute approximate surface area is 88.0 Å². The molecule has 0 atom stereocenters. The van der Waals surface area contributed by atoms with Crippen LogP contribution in [0.1, 0.15) is 19.3 Å². The summed E-state index contributed by atoms with van der Waals surface area (Å²) in [4.78, 5) is 2.54. The Balaban J connectivity index is 3.49. The molecule has 14 heavy (non-hydrogen) atoms. The highest BCUT2D eigenvalue weighted by molar-refractivity contribution is 4.58. The molecule has 86 valence electrons. The maximum absolute atomic E-state index is 3.88. The second-order valence-corrected chi connectivity index (χ2v) is 3.71. The van der Waals surface area contributed by atoms with Gasteiger partial charge in [0.15, 0.2) is 0 Å². The van der Waals surface area contributed by atoms with E-state index < -0.39 is 0 Å². The molecule has 4 heteroatoms. The van der Waals surface area contributed by atoms with Gasteiger partial charge in [0.1, 0.15) is 0 Å². The minimum absolute atomic E-state index is 1.05. The van der Waals surface area contributed by atoms with Crippen molar-refractivity contribution in [3.8, 4) is 0 Å². The molecule has 0 spiro atoms. The standard InChI is InChI=1S/C10H26N4/c1-13-7-4-10-14(8-2-5-11)9-3-6-12/h13H,2-12H2,1H3/p+2. The Morgan fingerprint density at radius 2 is 1.43 bits per heavy atom. The lowest BCUT2D eigenvalue weighted by molar-refractivity contribution is -0.369. The lowest BCUT2D eigenvalue weighted by Crippen LogP contribution is -2.52. The summed E-state index contributed by atoms with van der Waals surface area (Å²) in [5, 5.41) is 3.18. The van der Waals surface area contributed by atoms with E-state index in [1.165, 1.54) is 38.9 Å². The van der Waals surface area contributed by atoms with E-state index in [1.54, 1.807) is 0 Å². The van der Waals surface area contributed by atoms with Gasteiger partial charge in [-0.1, -0.05) is 0 Å². The van der Waals surface area contributed by atoms with Crippen molar-refractivity contribution < 1.29 is 11.5 Å². The van der Waals surface area contributed by atoms with Crippen LogP contribution in [0.4, 0.5) is 0 Å². The molecule has 0 aliphatic rings. The molecule has 0 aliphatic carbocycles. The van der Waals surface area contributed by atoms with E-state index in [2.05, 4.69) is 21.7 Å². The molecule has 0 aromatic carbocycles. The van der Waals surface area contributed by atoms with Crippen molar-refractivity contribution in [2.45, 2.75) is 19.3 Å². The maximum atomic E-state index is 3.88. The average Bonchev–Trinajstić information content (AvgIpc) is 2.21. The molecule has 0 radical (unpaired) electrons. The van der Waals surface area contributed by atoms with Crippen LogP contribution in [0, 0.1) is 0 Å². The van der Waals surface area contributed by atoms with Gasteiger partial charge in [0.2, 0.25) is 0 Å². The Kier molecular flexibility index (Phi) is 10.8. The monoisotopic (exact) mass is 204 g/mol. The topological polar surface area (TPSA) is 70.5 Å². The van der Waals surface area contributed by atoms with Gasteiger partial charge in [0.25, 0.3) is 0 Å². The van der Waals surface area contributed by atoms with E-state index in [-0.39, 0.29) is 0 Å². The van der Waals surface area contributed by atoms with Crippen LogP contribution in [0.5, 0.6) is 0 Å². The lowest BCUT2D eigenvalue weighted by Gasteiger charge is -2.20. The van der Waals surface area contributed by atoms with Gasteiger partial charge in [0.05, 0.1) is 13.1 Å². The van der Waals surface area contributed by atoms with Crippen LogP contribution in [0.25, 0.3) is 0 Å². The first-order chi connectivity index (χ1) is 6.85. The number of rotatable bonds is 10. The zero-order chi connectivity index (χ0) is 10.6. The smallest absolute Gasteiger partial charge is 0.0752 e. The van der Waals surface area contributed by atoms with E-state index in [0.29, 0.717) is 0 Å². The van der Waals surface area contributed by atoms with Gasteiger partial charge in [0, 0.05) is 25.9 Å². The summed E-state index contributed by atoms with van der Waals surface area (Å²) in [5.41, 5.74) is 7.77. The summed E-state index contributed by atoms with van der Waals surface area (Å²) in [7, 11) is 2.01. The summed E-state index contributed by atoms with van der Waals surface area (Å²) in [6.45, 7) is 6.83. The van der Waals surface area contributed by atoms with Crippen molar-refractivity contribution in [3.63, 3.8) is 0 Å². The molecule has 0 aliphatic heterocycles. The second kappa shape index (κ2) is 10.9. The van der Waals surface area contributed by atoms with Crippen molar-refractivity contribution in [2.24, 2.45) is 0 Å². The fourth-order valence-electron chi connectivity index (χ4n) is 1.49. The molecule has 0 bridgehead atoms. The second-order valence-electron chi connectivity index (χ2n) is 3.71. The van der Waals surface area contributed by atoms with Crippen molar-refractivity contribution >= 4 is 0 Å². The van der Waals surface area contributed by atoms with E-state index >= 15 is 0 Å². The highest BCUT2D eigenvalue weighted by atomic mass is 15.1. The molecule has 0 saturated heterocycles. The van der Waals surface area contributed by atoms with Crippen LogP contribution in [0.15, 0.2) is 0 Å². The Hall–Kier alpha value is -0.160. The minimum Gasteiger partial charge on any atom is -0.358 e. The molecule has 0 unspecified atom stereocenters. The lowest BCUT2D eigenvalue weighted by atomic mass is 10.3. The van der Waals surface area contributed by atoms with Gasteiger partial charge in [-0.25, -0.2) is 0 Å². The van der Waals surface area contributed by atoms with Crippen molar-refractivity contribution in [3.05, 3.63) is 0 Å². The number of hydrogen-bond donors (Lipinski definition) is 3. The molecule has 0 saturated carbocycles. The number of hydrogen-bond acceptors (Lipinski definition) is 2. The van der Waals surface area contributed by atoms with Crippen LogP contribution in [0.3, 0.4) is 0 Å². The molecule has 4 nitrogen and oxygen atoms in total. The molecule has 0 aromatic heterocycles. The molecule has 7 N–H and O–H groups in total. The third kappa shape index (κ3) is 8.44. The largest absolute Gasteiger partial charge is 0.358 e. The first-order valence-electron chi connectivity index (χ1n) is 5.80. The number of nitrogens with one attached hydrogen (secondary N) is 1. The summed E-state index contributed by atoms with van der Waals surface area (Å²) >= 11 is 0. The minimum atomic E-state index is 1.05. The molecule has 0 aromatic rings. The predicted molar refractivity (Wildman–Crippen MR) is 59.7 cm³/mol. The molecule has 0 amide bonds. The quantitative estimate of drug-likeness (QED) is 0.366. The highest BCUT2D eigenvalue weighted by Gasteiger charge is 2.03. The summed E-state index contributed by atoms with van der Waals surface area (Å²) < 4.78 is 0. The van der Waals surface area contributed by atoms with Crippen LogP contribution in [-0.4, -0.2) is 51.2 Å². The third-order valence-corrected chi connectivity index (χ3v) is 2.35. The van der Waals surface area contributed by atoms with Gasteiger partial charge in [-0.15, -0.1) is 0 Å². The fraction of sp³-hybridized carbons (Fsp3) is 1.00. The van der Waals surface area contributed by atoms with Crippen LogP contribution < -0.4 is 16.8 Å². The zero-order valence-electron chi connectivity index (χ0n) is 9.73. The maximum Gasteiger partial charge on any atom is 0.0752 e. The van der Waals surface area contributed by atoms with E-state index in [1.807, 2.05) is 7.05 Å². The number of nitrogens with zero attached hydrogens (tertiary/aromatic N) is 1. The van der Waals surface area contributed by atoms with Gasteiger partial charge in [-0.3, -0.25) is 0 Å². The molecule has 0 heterocycles. The van der Waals surface area contributed by atoms with E-state index in [4.69, 9.17) is 0 Å². The normalized spacial score (nSPS) is 11.1. The van der Waals surface area contributed by atoms with Crippen LogP contribution in [0.2, 0.25) is 0 Å². The van der Waals surface area contributed by atoms with Gasteiger partial charge in [-0.2, -0.15) is 0 Å². The SMILES string of the molecule is CNCCCN(CCC[NH3+])CCC[NH3+]. The summed E-state index contributed by atoms with van der Waals surface area (Å²) in [6, 6.07) is 0. The summed E-state index contributed by atoms with van der Waals surface area (Å²) in [5.74, 6) is 0. The molecule has 0 rings (SSSR count). The predicted octanol–water partition coefficient (Wildman–Crippen LogP) is -1.84. The Bertz CT molecular complexity index is 100. The van der Waals surface area contributed by atoms with Gasteiger partial charge >= 0.3 is 0 Å². The van der Waals surface area contributed by atoms with Crippen molar-refractivity contribution in [2.75, 3.05) is 46.3 Å². The number of quaternary nitrogens is 2. The van der Waals surface area contributed by atoms with E-state index in [9.17, 15) is 0 Å².